The zero-order valence-corrected chi connectivity index (χ0v) is 18.2. The zero-order chi connectivity index (χ0) is 20.1. The summed E-state index contributed by atoms with van der Waals surface area (Å²) in [7, 11) is 0. The summed E-state index contributed by atoms with van der Waals surface area (Å²) in [5.41, 5.74) is 2.26. The Kier molecular flexibility index (Phi) is 6.99. The third-order valence-corrected chi connectivity index (χ3v) is 6.28. The van der Waals surface area contributed by atoms with Crippen LogP contribution in [0, 0.1) is 6.92 Å². The van der Waals surface area contributed by atoms with Crippen LogP contribution in [0.15, 0.2) is 29.4 Å². The molecule has 1 aliphatic heterocycles. The predicted octanol–water partition coefficient (Wildman–Crippen LogP) is 3.92. The number of hydrogen-bond acceptors (Lipinski definition) is 5. The van der Waals surface area contributed by atoms with Crippen LogP contribution in [0.4, 0.5) is 5.95 Å². The molecule has 7 heteroatoms. The molecule has 152 valence electrons. The van der Waals surface area contributed by atoms with E-state index in [-0.39, 0.29) is 11.2 Å². The number of benzene rings is 1. The van der Waals surface area contributed by atoms with Crippen molar-refractivity contribution in [3.05, 3.63) is 29.8 Å². The molecule has 0 spiro atoms. The first kappa shape index (κ1) is 20.7. The van der Waals surface area contributed by atoms with Gasteiger partial charge in [0.2, 0.25) is 11.9 Å². The van der Waals surface area contributed by atoms with E-state index in [1.165, 1.54) is 36.6 Å². The molecule has 1 aromatic heterocycles. The van der Waals surface area contributed by atoms with Crippen LogP contribution in [-0.2, 0) is 4.79 Å². The molecule has 1 aliphatic rings. The third-order valence-electron chi connectivity index (χ3n) is 5.25. The van der Waals surface area contributed by atoms with Crippen LogP contribution < -0.4 is 4.90 Å². The van der Waals surface area contributed by atoms with Crippen LogP contribution in [0.3, 0.4) is 0 Å². The second-order valence-corrected chi connectivity index (χ2v) is 8.58. The van der Waals surface area contributed by atoms with Gasteiger partial charge in [0.05, 0.1) is 10.9 Å². The Bertz CT molecular complexity index is 779. The van der Waals surface area contributed by atoms with E-state index in [0.29, 0.717) is 0 Å². The summed E-state index contributed by atoms with van der Waals surface area (Å²) in [6.45, 7) is 11.5. The number of hydrogen-bond donors (Lipinski definition) is 0. The Hall–Kier alpha value is -2.02. The summed E-state index contributed by atoms with van der Waals surface area (Å²) in [5, 5.41) is 9.59. The van der Waals surface area contributed by atoms with Crippen LogP contribution in [-0.4, -0.2) is 57.0 Å². The molecule has 1 atom stereocenters. The van der Waals surface area contributed by atoms with E-state index >= 15 is 0 Å². The fraction of sp³-hybridized carbons (Fsp3) is 0.571. The molecule has 1 fully saturated rings. The summed E-state index contributed by atoms with van der Waals surface area (Å²) in [6.07, 6.45) is 3.63. The van der Waals surface area contributed by atoms with E-state index in [9.17, 15) is 4.79 Å². The first-order valence-electron chi connectivity index (χ1n) is 10.3. The minimum atomic E-state index is -0.206. The number of piperidine rings is 1. The molecular formula is C21H31N5OS. The van der Waals surface area contributed by atoms with Gasteiger partial charge in [-0.1, -0.05) is 29.5 Å². The van der Waals surface area contributed by atoms with E-state index in [2.05, 4.69) is 50.9 Å². The average Bonchev–Trinajstić information content (AvgIpc) is 3.13. The normalized spacial score (nSPS) is 15.5. The van der Waals surface area contributed by atoms with Gasteiger partial charge in [0.25, 0.3) is 0 Å². The van der Waals surface area contributed by atoms with Crippen molar-refractivity contribution in [1.82, 2.24) is 19.7 Å². The van der Waals surface area contributed by atoms with E-state index in [0.717, 1.165) is 43.0 Å². The number of anilines is 1. The summed E-state index contributed by atoms with van der Waals surface area (Å²) in [5.74, 6) is 1.03. The fourth-order valence-corrected chi connectivity index (χ4v) is 4.50. The SMILES string of the molecule is CCN(CC)C(=O)C(C)Sc1nnc(N2CCCCC2)n1-c1ccc(C)cc1. The van der Waals surface area contributed by atoms with Crippen LogP contribution in [0.5, 0.6) is 0 Å². The second-order valence-electron chi connectivity index (χ2n) is 7.27. The van der Waals surface area contributed by atoms with Gasteiger partial charge in [-0.2, -0.15) is 0 Å². The van der Waals surface area contributed by atoms with Gasteiger partial charge in [0.15, 0.2) is 5.16 Å². The van der Waals surface area contributed by atoms with Crippen molar-refractivity contribution < 1.29 is 4.79 Å². The van der Waals surface area contributed by atoms with Gasteiger partial charge in [0.1, 0.15) is 0 Å². The maximum atomic E-state index is 12.7. The molecule has 28 heavy (non-hydrogen) atoms. The smallest absolute Gasteiger partial charge is 0.235 e. The summed E-state index contributed by atoms with van der Waals surface area (Å²) in [4.78, 5) is 16.9. The standard InChI is InChI=1S/C21H31N5OS/c1-5-24(6-2)19(27)17(4)28-21-23-22-20(25-14-8-7-9-15-25)26(21)18-12-10-16(3)11-13-18/h10-13,17H,5-9,14-15H2,1-4H3. The lowest BCUT2D eigenvalue weighted by Crippen LogP contribution is -2.36. The Labute approximate surface area is 172 Å². The first-order chi connectivity index (χ1) is 13.5. The van der Waals surface area contributed by atoms with Crippen molar-refractivity contribution in [2.24, 2.45) is 0 Å². The Morgan fingerprint density at radius 2 is 1.75 bits per heavy atom. The van der Waals surface area contributed by atoms with Crippen molar-refractivity contribution in [2.75, 3.05) is 31.1 Å². The zero-order valence-electron chi connectivity index (χ0n) is 17.4. The molecule has 0 bridgehead atoms. The first-order valence-corrected chi connectivity index (χ1v) is 11.2. The summed E-state index contributed by atoms with van der Waals surface area (Å²) < 4.78 is 2.11. The van der Waals surface area contributed by atoms with Crippen LogP contribution in [0.1, 0.15) is 45.6 Å². The van der Waals surface area contributed by atoms with Gasteiger partial charge in [-0.3, -0.25) is 9.36 Å². The van der Waals surface area contributed by atoms with E-state index in [1.807, 2.05) is 25.7 Å². The minimum Gasteiger partial charge on any atom is -0.342 e. The Morgan fingerprint density at radius 3 is 2.36 bits per heavy atom. The highest BCUT2D eigenvalue weighted by Gasteiger charge is 2.26. The number of amides is 1. The van der Waals surface area contributed by atoms with E-state index in [4.69, 9.17) is 0 Å². The number of rotatable bonds is 7. The molecule has 1 amide bonds. The Morgan fingerprint density at radius 1 is 1.11 bits per heavy atom. The number of thioether (sulfide) groups is 1. The largest absolute Gasteiger partial charge is 0.342 e. The van der Waals surface area contributed by atoms with Crippen molar-refractivity contribution in [1.29, 1.82) is 0 Å². The van der Waals surface area contributed by atoms with Gasteiger partial charge in [-0.15, -0.1) is 10.2 Å². The van der Waals surface area contributed by atoms with Gasteiger partial charge < -0.3 is 9.80 Å². The molecule has 1 aromatic carbocycles. The van der Waals surface area contributed by atoms with E-state index < -0.39 is 0 Å². The van der Waals surface area contributed by atoms with Crippen molar-refractivity contribution in [3.63, 3.8) is 0 Å². The van der Waals surface area contributed by atoms with E-state index in [1.54, 1.807) is 0 Å². The molecule has 2 heterocycles. The lowest BCUT2D eigenvalue weighted by Gasteiger charge is -2.28. The lowest BCUT2D eigenvalue weighted by molar-refractivity contribution is -0.129. The molecule has 0 saturated carbocycles. The van der Waals surface area contributed by atoms with Crippen molar-refractivity contribution >= 4 is 23.6 Å². The molecular weight excluding hydrogens is 370 g/mol. The molecule has 0 radical (unpaired) electrons. The van der Waals surface area contributed by atoms with Gasteiger partial charge in [-0.25, -0.2) is 0 Å². The van der Waals surface area contributed by atoms with Crippen LogP contribution in [0.25, 0.3) is 5.69 Å². The van der Waals surface area contributed by atoms with Gasteiger partial charge in [0, 0.05) is 26.2 Å². The molecule has 0 aliphatic carbocycles. The average molecular weight is 402 g/mol. The number of nitrogens with zero attached hydrogens (tertiary/aromatic N) is 5. The second kappa shape index (κ2) is 9.45. The summed E-state index contributed by atoms with van der Waals surface area (Å²) >= 11 is 1.49. The van der Waals surface area contributed by atoms with Crippen LogP contribution in [0.2, 0.25) is 0 Å². The fourth-order valence-electron chi connectivity index (χ4n) is 3.56. The maximum absolute atomic E-state index is 12.7. The van der Waals surface area contributed by atoms with Crippen LogP contribution >= 0.6 is 11.8 Å². The van der Waals surface area contributed by atoms with Crippen molar-refractivity contribution in [3.8, 4) is 5.69 Å². The van der Waals surface area contributed by atoms with Gasteiger partial charge >= 0.3 is 0 Å². The number of aromatic nitrogens is 3. The third kappa shape index (κ3) is 4.51. The molecule has 6 nitrogen and oxygen atoms in total. The summed E-state index contributed by atoms with van der Waals surface area (Å²) in [6, 6.07) is 8.42. The quantitative estimate of drug-likeness (QED) is 0.658. The highest BCUT2D eigenvalue weighted by molar-refractivity contribution is 8.00. The van der Waals surface area contributed by atoms with Crippen molar-refractivity contribution in [2.45, 2.75) is 57.4 Å². The predicted molar refractivity (Wildman–Crippen MR) is 115 cm³/mol. The number of aryl methyl sites for hydroxylation is 1. The molecule has 0 N–H and O–H groups in total. The number of carbonyl (C=O) groups excluding carboxylic acids is 1. The molecule has 2 aromatic rings. The molecule has 1 unspecified atom stereocenters. The topological polar surface area (TPSA) is 54.3 Å². The number of carbonyl (C=O) groups is 1. The Balaban J connectivity index is 1.93. The molecule has 1 saturated heterocycles. The lowest BCUT2D eigenvalue weighted by atomic mass is 10.1. The molecule has 3 rings (SSSR count). The minimum absolute atomic E-state index is 0.146. The van der Waals surface area contributed by atoms with Gasteiger partial charge in [-0.05, 0) is 59.1 Å². The highest BCUT2D eigenvalue weighted by atomic mass is 32.2. The monoisotopic (exact) mass is 401 g/mol. The highest BCUT2D eigenvalue weighted by Crippen LogP contribution is 2.31. The maximum Gasteiger partial charge on any atom is 0.235 e.